The number of benzene rings is 7. The van der Waals surface area contributed by atoms with Crippen LogP contribution in [0.5, 0.6) is 23.0 Å². The standard InChI is InChI=1S/C29H45ClN7O2P.C27H35N8O2P.C26H24ClN4O3P.C19H25ClN5O3P/c1-35-15-17-37(18-16-35)21-11-13-36(14-12-21)22-9-10-24(26(19-22)39-2)33-29-31-20-23(30)28(34-29)32-25-7-5-6-8-27(25)40(3,4)38;1-18(2)34-12-14-35(15-13-34)19-10-11-21(23(16-19)37-3)30-27-31-25(20-17-28-33-26(20)32-27)29-22-8-6-7-9-24(22)38(4,5)36;1-34-23-15-18(35(2,3)33)13-14-22(23)30-26-28-16-20(27)25(31-26)29-21-12-8-7-11-19(21)24(32)17-9-5-4-6-10-17;1-28-16-10-12(29(2,3)27)7-8-14(16)24-19-22-11-13(20)17(25-19)23-15-6-4-5-9-21-18(15)26/h9-10,19-21,25,27H,5-8,11-18H2,1-4H3,(H2,31,32,33,34);6-11,16-18H,12-15H2,1-5H3,(H3,28,29,30,31,32,33);4-16H,1-3H3,(H2,28,29,30,31);7-8,10-11,15H,4-6,9H2,1-3H3,(H,21,26)(H2,22,23,24,25)/t25-,27+;;;/m0.../s1. The second-order valence-corrected chi connectivity index (χ2v) is 51.9. The molecule has 5 aliphatic rings. The third-order valence-corrected chi connectivity index (χ3v) is 33.3. The van der Waals surface area contributed by atoms with Gasteiger partial charge in [-0.2, -0.15) is 30.0 Å². The Morgan fingerprint density at radius 3 is 1.46 bits per heavy atom. The molecule has 10 N–H and O–H groups in total. The molecule has 4 saturated heterocycles. The molecule has 41 heteroatoms. The Kier molecular flexibility index (Phi) is 36.0. The molecular formula is C101H129Cl3N24O10P4. The zero-order chi connectivity index (χ0) is 101. The molecule has 1 amide bonds. The summed E-state index contributed by atoms with van der Waals surface area (Å²) in [4.78, 5) is 73.5. The first-order valence-corrected chi connectivity index (χ1v) is 59.2. The molecule has 1 aliphatic carbocycles. The van der Waals surface area contributed by atoms with Crippen LogP contribution < -0.4 is 92.5 Å². The van der Waals surface area contributed by atoms with E-state index in [2.05, 4.69) is 158 Å². The maximum absolute atomic E-state index is 13.1. The molecule has 4 aliphatic heterocycles. The normalized spacial score (nSPS) is 16.9. The van der Waals surface area contributed by atoms with Gasteiger partial charge >= 0.3 is 0 Å². The number of aromatic nitrogens is 10. The molecule has 34 nitrogen and oxygen atoms in total. The lowest BCUT2D eigenvalue weighted by Crippen LogP contribution is -2.52. The number of methoxy groups -OCH3 is 4. The van der Waals surface area contributed by atoms with Gasteiger partial charge in [-0.15, -0.1) is 0 Å². The van der Waals surface area contributed by atoms with Gasteiger partial charge in [0.15, 0.2) is 28.9 Å². The van der Waals surface area contributed by atoms with Crippen molar-refractivity contribution in [2.75, 3.05) is 213 Å². The Morgan fingerprint density at radius 1 is 0.451 bits per heavy atom. The second kappa shape index (κ2) is 48.2. The van der Waals surface area contributed by atoms with Gasteiger partial charge in [0, 0.05) is 146 Å². The first-order valence-electron chi connectivity index (χ1n) is 47.6. The Morgan fingerprint density at radius 2 is 0.923 bits per heavy atom. The van der Waals surface area contributed by atoms with Crippen LogP contribution in [0.1, 0.15) is 87.6 Å². The van der Waals surface area contributed by atoms with Crippen molar-refractivity contribution in [3.8, 4) is 23.0 Å². The summed E-state index contributed by atoms with van der Waals surface area (Å²) in [6.07, 6.45) is 15.3. The quantitative estimate of drug-likeness (QED) is 0.0148. The van der Waals surface area contributed by atoms with Gasteiger partial charge in [0.2, 0.25) is 29.7 Å². The molecule has 754 valence electrons. The fourth-order valence-corrected chi connectivity index (χ4v) is 22.9. The number of fused-ring (bicyclic) bond motifs is 1. The predicted octanol–water partition coefficient (Wildman–Crippen LogP) is 19.4. The van der Waals surface area contributed by atoms with E-state index in [1.165, 1.54) is 64.2 Å². The number of ether oxygens (including phenoxy) is 4. The first-order chi connectivity index (χ1) is 68.0. The highest BCUT2D eigenvalue weighted by molar-refractivity contribution is 7.71. The summed E-state index contributed by atoms with van der Waals surface area (Å²) in [6.45, 7) is 30.1. The van der Waals surface area contributed by atoms with Crippen LogP contribution in [0.15, 0.2) is 176 Å². The summed E-state index contributed by atoms with van der Waals surface area (Å²) in [6, 6.07) is 47.8. The number of amides is 1. The van der Waals surface area contributed by atoms with E-state index in [9.17, 15) is 27.8 Å². The second-order valence-electron chi connectivity index (χ2n) is 37.5. The van der Waals surface area contributed by atoms with Gasteiger partial charge in [0.25, 0.3) is 0 Å². The van der Waals surface area contributed by atoms with Crippen LogP contribution in [-0.4, -0.2) is 267 Å². The van der Waals surface area contributed by atoms with E-state index in [4.69, 9.17) is 63.7 Å². The molecule has 0 spiro atoms. The van der Waals surface area contributed by atoms with E-state index in [0.29, 0.717) is 133 Å². The van der Waals surface area contributed by atoms with Crippen LogP contribution in [-0.2, 0) is 23.1 Å². The molecule has 0 bridgehead atoms. The molecule has 1 unspecified atom stereocenters. The van der Waals surface area contributed by atoms with Gasteiger partial charge in [-0.3, -0.25) is 24.5 Å². The molecule has 7 aromatic carbocycles. The zero-order valence-electron chi connectivity index (χ0n) is 83.0. The summed E-state index contributed by atoms with van der Waals surface area (Å²) >= 11 is 19.1. The van der Waals surface area contributed by atoms with Crippen molar-refractivity contribution < 1.29 is 46.8 Å². The molecule has 9 heterocycles. The summed E-state index contributed by atoms with van der Waals surface area (Å²) in [5.41, 5.74) is 8.18. The maximum Gasteiger partial charge on any atom is 0.242 e. The number of ketones is 1. The van der Waals surface area contributed by atoms with Crippen LogP contribution in [0, 0.1) is 0 Å². The number of para-hydroxylation sites is 2. The Balaban J connectivity index is 0.000000151. The number of piperidine rings is 1. The van der Waals surface area contributed by atoms with Crippen molar-refractivity contribution in [2.45, 2.75) is 101 Å². The number of aromatic amines is 1. The van der Waals surface area contributed by atoms with Crippen LogP contribution in [0.3, 0.4) is 0 Å². The number of piperazine rings is 2. The maximum atomic E-state index is 13.1. The minimum absolute atomic E-state index is 0.0625. The number of halogens is 3. The van der Waals surface area contributed by atoms with Crippen molar-refractivity contribution in [2.24, 2.45) is 0 Å². The van der Waals surface area contributed by atoms with Crippen molar-refractivity contribution in [1.29, 1.82) is 0 Å². The smallest absolute Gasteiger partial charge is 0.242 e. The molecule has 1 saturated carbocycles. The molecular weight excluding hydrogens is 1940 g/mol. The summed E-state index contributed by atoms with van der Waals surface area (Å²) in [5.74, 6) is 5.56. The molecule has 0 radical (unpaired) electrons. The lowest BCUT2D eigenvalue weighted by molar-refractivity contribution is -0.121. The fourth-order valence-electron chi connectivity index (χ4n) is 17.7. The predicted molar refractivity (Wildman–Crippen MR) is 581 cm³/mol. The molecule has 17 rings (SSSR count). The Bertz CT molecular complexity index is 6590. The molecule has 142 heavy (non-hydrogen) atoms. The number of likely N-dealkylation sites (N-methyl/N-ethyl adjacent to an activating group) is 1. The number of rotatable bonds is 30. The lowest BCUT2D eigenvalue weighted by atomic mass is 9.95. The molecule has 5 aromatic heterocycles. The fraction of sp³-hybridized carbons (Fsp3) is 0.396. The monoisotopic (exact) mass is 2070 g/mol. The summed E-state index contributed by atoms with van der Waals surface area (Å²) in [7, 11) is -0.957. The third kappa shape index (κ3) is 28.1. The number of nitrogens with zero attached hydrogens (tertiary/aromatic N) is 14. The van der Waals surface area contributed by atoms with E-state index in [1.54, 1.807) is 140 Å². The van der Waals surface area contributed by atoms with E-state index in [0.717, 1.165) is 122 Å². The topological polar surface area (TPSA) is 396 Å². The van der Waals surface area contributed by atoms with Crippen LogP contribution in [0.25, 0.3) is 11.0 Å². The van der Waals surface area contributed by atoms with Gasteiger partial charge in [0.1, 0.15) is 71.4 Å². The number of hydrogen-bond donors (Lipinski definition) is 10. The SMILES string of the molecule is COc1cc(N2CCC(N3CCN(C)CC3)CC2)ccc1Nc1ncc(Cl)c(N[C@H]2CCCC[C@H]2P(C)(C)=O)n1.COc1cc(N2CCN(C(C)C)CC2)ccc1Nc1nc(Nc2ccccc2P(C)(C)=O)c2cn[nH]c2n1.COc1cc(P(C)(C)=O)ccc1Nc1ncc(Cl)c(NC2CCCCNC2=O)n1.COc1cc(P(C)(C)=O)ccc1Nc1ncc(Cl)c(Nc2ccccc2C(=O)c2ccccc2)n1. The van der Waals surface area contributed by atoms with E-state index >= 15 is 0 Å². The Labute approximate surface area is 846 Å². The molecule has 12 aromatic rings. The highest BCUT2D eigenvalue weighted by Gasteiger charge is 2.36. The lowest BCUT2D eigenvalue weighted by Gasteiger charge is -2.42. The number of H-pyrrole nitrogens is 1. The number of carbonyl (C=O) groups excluding carboxylic acids is 2. The third-order valence-electron chi connectivity index (χ3n) is 25.7. The van der Waals surface area contributed by atoms with Crippen molar-refractivity contribution >= 4 is 195 Å². The Hall–Kier alpha value is -11.7. The van der Waals surface area contributed by atoms with Crippen molar-refractivity contribution in [1.82, 2.24) is 70.1 Å². The van der Waals surface area contributed by atoms with Crippen LogP contribution in [0.2, 0.25) is 15.1 Å². The van der Waals surface area contributed by atoms with Gasteiger partial charge in [-0.05, 0) is 204 Å². The average Bonchev–Trinajstić information content (AvgIpc) is 1.32. The van der Waals surface area contributed by atoms with Crippen LogP contribution >= 0.6 is 63.4 Å². The van der Waals surface area contributed by atoms with Crippen molar-refractivity contribution in [3.63, 3.8) is 0 Å². The highest BCUT2D eigenvalue weighted by atomic mass is 35.5. The summed E-state index contributed by atoms with van der Waals surface area (Å²) in [5, 5.41) is 39.9. The number of carbonyl (C=O) groups is 2. The average molecular weight is 2070 g/mol. The van der Waals surface area contributed by atoms with E-state index < -0.39 is 34.6 Å². The zero-order valence-corrected chi connectivity index (χ0v) is 88.9. The number of hydrogen-bond acceptors (Lipinski definition) is 32. The van der Waals surface area contributed by atoms with Crippen molar-refractivity contribution in [3.05, 3.63) is 203 Å². The molecule has 3 atom stereocenters. The van der Waals surface area contributed by atoms with Gasteiger partial charge in [0.05, 0.1) is 99.9 Å². The first kappa shape index (κ1) is 106. The molecule has 5 fully saturated rings. The van der Waals surface area contributed by atoms with E-state index in [1.807, 2.05) is 74.0 Å². The van der Waals surface area contributed by atoms with Gasteiger partial charge in [-0.1, -0.05) is 102 Å². The number of nitrogens with one attached hydrogen (secondary N) is 10. The summed E-state index contributed by atoms with van der Waals surface area (Å²) < 4.78 is 73.0. The highest BCUT2D eigenvalue weighted by Crippen LogP contribution is 2.51. The minimum atomic E-state index is -2.51. The van der Waals surface area contributed by atoms with Gasteiger partial charge in [-0.25, -0.2) is 15.0 Å². The van der Waals surface area contributed by atoms with Gasteiger partial charge < -0.3 is 99.8 Å². The largest absolute Gasteiger partial charge is 0.495 e. The minimum Gasteiger partial charge on any atom is -0.495 e. The number of anilines is 16. The van der Waals surface area contributed by atoms with E-state index in [-0.39, 0.29) is 34.4 Å². The van der Waals surface area contributed by atoms with Crippen LogP contribution in [0.4, 0.5) is 92.6 Å².